The second kappa shape index (κ2) is 8.36. The fourth-order valence-corrected chi connectivity index (χ4v) is 5.63. The van der Waals surface area contributed by atoms with Gasteiger partial charge in [-0.25, -0.2) is 14.5 Å². The highest BCUT2D eigenvalue weighted by Crippen LogP contribution is 2.41. The lowest BCUT2D eigenvalue weighted by atomic mass is 9.87. The highest BCUT2D eigenvalue weighted by atomic mass is 32.1. The van der Waals surface area contributed by atoms with Crippen LogP contribution >= 0.6 is 11.3 Å². The summed E-state index contributed by atoms with van der Waals surface area (Å²) in [5.74, 6) is 1.58. The first-order chi connectivity index (χ1) is 15.6. The van der Waals surface area contributed by atoms with Gasteiger partial charge < -0.3 is 20.7 Å². The van der Waals surface area contributed by atoms with Gasteiger partial charge in [0.05, 0.1) is 29.9 Å². The van der Waals surface area contributed by atoms with Crippen molar-refractivity contribution >= 4 is 44.5 Å². The lowest BCUT2D eigenvalue weighted by Gasteiger charge is -2.26. The summed E-state index contributed by atoms with van der Waals surface area (Å²) in [5.41, 5.74) is 8.63. The molecule has 0 aromatic carbocycles. The van der Waals surface area contributed by atoms with Crippen LogP contribution in [0, 0.1) is 5.92 Å². The van der Waals surface area contributed by atoms with Crippen molar-refractivity contribution in [2.75, 3.05) is 32.6 Å². The number of anilines is 2. The van der Waals surface area contributed by atoms with E-state index in [9.17, 15) is 4.79 Å². The van der Waals surface area contributed by atoms with Gasteiger partial charge in [0.15, 0.2) is 5.75 Å². The normalized spacial score (nSPS) is 15.7. The minimum Gasteiger partial charge on any atom is -0.493 e. The molecule has 0 bridgehead atoms. The third kappa shape index (κ3) is 3.55. The van der Waals surface area contributed by atoms with E-state index in [4.69, 9.17) is 10.5 Å². The van der Waals surface area contributed by atoms with Gasteiger partial charge in [0.1, 0.15) is 17.0 Å². The number of likely N-dealkylation sites (N-methyl/N-ethyl adjacent to an activating group) is 1. The number of fused-ring (bicyclic) bond motifs is 4. The summed E-state index contributed by atoms with van der Waals surface area (Å²) in [6.07, 6.45) is 7.53. The fourth-order valence-electron chi connectivity index (χ4n) is 4.37. The van der Waals surface area contributed by atoms with E-state index < -0.39 is 0 Å². The van der Waals surface area contributed by atoms with E-state index in [1.54, 1.807) is 40.4 Å². The van der Waals surface area contributed by atoms with Gasteiger partial charge >= 0.3 is 0 Å². The number of carbonyl (C=O) groups is 1. The number of amides is 1. The number of hydrogen-bond donors (Lipinski definition) is 2. The van der Waals surface area contributed by atoms with Crippen LogP contribution < -0.4 is 15.8 Å². The number of thiophene rings is 1. The molecule has 32 heavy (non-hydrogen) atoms. The first-order valence-electron chi connectivity index (χ1n) is 10.6. The van der Waals surface area contributed by atoms with Crippen LogP contribution in [0.1, 0.15) is 16.9 Å². The molecular formula is C22H25N7O2S. The summed E-state index contributed by atoms with van der Waals surface area (Å²) in [6, 6.07) is 3.92. The minimum absolute atomic E-state index is 0.0131. The molecule has 4 aromatic rings. The maximum Gasteiger partial charge on any atom is 0.225 e. The smallest absolute Gasteiger partial charge is 0.225 e. The highest BCUT2D eigenvalue weighted by molar-refractivity contribution is 7.19. The number of nitrogens with one attached hydrogen (secondary N) is 1. The monoisotopic (exact) mass is 451 g/mol. The Morgan fingerprint density at radius 2 is 2.31 bits per heavy atom. The van der Waals surface area contributed by atoms with Gasteiger partial charge in [0.2, 0.25) is 5.91 Å². The number of ether oxygens (including phenoxy) is 1. The van der Waals surface area contributed by atoms with E-state index in [0.29, 0.717) is 18.8 Å². The molecule has 0 saturated carbocycles. The lowest BCUT2D eigenvalue weighted by molar-refractivity contribution is -0.134. The van der Waals surface area contributed by atoms with Crippen molar-refractivity contribution in [2.45, 2.75) is 19.3 Å². The van der Waals surface area contributed by atoms with Crippen LogP contribution in [0.2, 0.25) is 0 Å². The molecule has 5 rings (SSSR count). The quantitative estimate of drug-likeness (QED) is 0.464. The van der Waals surface area contributed by atoms with Gasteiger partial charge in [0.25, 0.3) is 0 Å². The molecule has 0 aliphatic heterocycles. The van der Waals surface area contributed by atoms with Crippen LogP contribution in [0.25, 0.3) is 15.7 Å². The molecule has 4 aromatic heterocycles. The maximum atomic E-state index is 12.8. The van der Waals surface area contributed by atoms with Crippen LogP contribution in [-0.4, -0.2) is 57.6 Å². The molecule has 0 saturated heterocycles. The van der Waals surface area contributed by atoms with Crippen LogP contribution in [0.15, 0.2) is 30.9 Å². The molecule has 0 radical (unpaired) electrons. The highest BCUT2D eigenvalue weighted by Gasteiger charge is 2.30. The van der Waals surface area contributed by atoms with E-state index >= 15 is 0 Å². The minimum atomic E-state index is -0.0131. The van der Waals surface area contributed by atoms with Crippen LogP contribution in [0.3, 0.4) is 0 Å². The Bertz CT molecular complexity index is 1300. The number of carbonyl (C=O) groups excluding carboxylic acids is 1. The summed E-state index contributed by atoms with van der Waals surface area (Å²) < 4.78 is 7.34. The molecule has 9 nitrogen and oxygen atoms in total. The molecule has 1 amide bonds. The first-order valence-corrected chi connectivity index (χ1v) is 11.4. The molecule has 166 valence electrons. The van der Waals surface area contributed by atoms with Gasteiger partial charge in [-0.15, -0.1) is 11.3 Å². The van der Waals surface area contributed by atoms with Crippen molar-refractivity contribution in [3.8, 4) is 5.75 Å². The van der Waals surface area contributed by atoms with Gasteiger partial charge in [0, 0.05) is 37.1 Å². The summed E-state index contributed by atoms with van der Waals surface area (Å²) in [7, 11) is 3.46. The van der Waals surface area contributed by atoms with Crippen molar-refractivity contribution in [3.05, 3.63) is 41.3 Å². The molecule has 3 N–H and O–H groups in total. The Balaban J connectivity index is 1.49. The van der Waals surface area contributed by atoms with Gasteiger partial charge in [-0.1, -0.05) is 0 Å². The molecule has 4 heterocycles. The van der Waals surface area contributed by atoms with Gasteiger partial charge in [-0.3, -0.25) is 4.79 Å². The number of pyridine rings is 1. The number of aryl methyl sites for hydroxylation is 1. The number of rotatable bonds is 6. The third-order valence-corrected chi connectivity index (χ3v) is 7.17. The molecule has 0 unspecified atom stereocenters. The first kappa shape index (κ1) is 20.7. The zero-order valence-electron chi connectivity index (χ0n) is 18.0. The molecule has 1 aliphatic carbocycles. The Morgan fingerprint density at radius 3 is 3.12 bits per heavy atom. The summed E-state index contributed by atoms with van der Waals surface area (Å²) >= 11 is 1.65. The number of hydrogen-bond acceptors (Lipinski definition) is 8. The van der Waals surface area contributed by atoms with E-state index in [1.165, 1.54) is 10.4 Å². The summed E-state index contributed by atoms with van der Waals surface area (Å²) in [6.45, 7) is 1.06. The van der Waals surface area contributed by atoms with Gasteiger partial charge in [-0.2, -0.15) is 5.10 Å². The van der Waals surface area contributed by atoms with Crippen molar-refractivity contribution in [2.24, 2.45) is 11.7 Å². The standard InChI is InChI=1S/C22H25N7O2S/c1-28(8-6-23)22(30)13-3-4-15-18(9-13)32-21-19(15)20(24-12-25-21)27-16-10-14-5-7-26-29(14)11-17(16)31-2/h5,7,10-13H,3-4,6,8-9,23H2,1-2H3,(H,24,25,27)/t13-/m0/s1. The maximum absolute atomic E-state index is 12.8. The van der Waals surface area contributed by atoms with Gasteiger partial charge in [-0.05, 0) is 37.0 Å². The van der Waals surface area contributed by atoms with Crippen molar-refractivity contribution in [3.63, 3.8) is 0 Å². The van der Waals surface area contributed by atoms with E-state index in [1.807, 2.05) is 25.4 Å². The predicted molar refractivity (Wildman–Crippen MR) is 125 cm³/mol. The zero-order chi connectivity index (χ0) is 22.2. The van der Waals surface area contributed by atoms with Crippen molar-refractivity contribution in [1.29, 1.82) is 0 Å². The summed E-state index contributed by atoms with van der Waals surface area (Å²) in [5, 5.41) is 8.75. The Morgan fingerprint density at radius 1 is 1.44 bits per heavy atom. The average Bonchev–Trinajstić information content (AvgIpc) is 3.41. The average molecular weight is 452 g/mol. The third-order valence-electron chi connectivity index (χ3n) is 6.01. The molecule has 1 aliphatic rings. The topological polar surface area (TPSA) is 111 Å². The van der Waals surface area contributed by atoms with Crippen LogP contribution in [0.5, 0.6) is 5.75 Å². The predicted octanol–water partition coefficient (Wildman–Crippen LogP) is 2.61. The fraction of sp³-hybridized carbons (Fsp3) is 0.364. The summed E-state index contributed by atoms with van der Waals surface area (Å²) in [4.78, 5) is 25.7. The molecule has 10 heteroatoms. The molecular weight excluding hydrogens is 426 g/mol. The van der Waals surface area contributed by atoms with Crippen LogP contribution in [-0.2, 0) is 17.6 Å². The Labute approximate surface area is 189 Å². The SMILES string of the molecule is COc1cn2nccc2cc1Nc1ncnc2sc3c(c12)CC[C@H](C(=O)N(C)CCN)C3. The number of methoxy groups -OCH3 is 1. The second-order valence-electron chi connectivity index (χ2n) is 7.98. The molecule has 0 fully saturated rings. The Hall–Kier alpha value is -3.24. The van der Waals surface area contributed by atoms with E-state index in [0.717, 1.165) is 46.5 Å². The largest absolute Gasteiger partial charge is 0.493 e. The molecule has 0 spiro atoms. The number of aromatic nitrogens is 4. The second-order valence-corrected chi connectivity index (χ2v) is 9.06. The van der Waals surface area contributed by atoms with Crippen molar-refractivity contribution < 1.29 is 9.53 Å². The number of nitrogens with zero attached hydrogens (tertiary/aromatic N) is 5. The Kier molecular flexibility index (Phi) is 5.40. The zero-order valence-corrected chi connectivity index (χ0v) is 18.9. The van der Waals surface area contributed by atoms with E-state index in [-0.39, 0.29) is 11.8 Å². The van der Waals surface area contributed by atoms with Crippen molar-refractivity contribution in [1.82, 2.24) is 24.5 Å². The van der Waals surface area contributed by atoms with E-state index in [2.05, 4.69) is 20.4 Å². The lowest BCUT2D eigenvalue weighted by Crippen LogP contribution is -2.38. The molecule has 1 atom stereocenters. The number of nitrogens with two attached hydrogens (primary N) is 1. The van der Waals surface area contributed by atoms with Crippen LogP contribution in [0.4, 0.5) is 11.5 Å².